The fraction of sp³-hybridized carbons (Fsp3) is 0.550. The Hall–Kier alpha value is -3.17. The second kappa shape index (κ2) is 11.7. The molecule has 0 aromatic rings. The predicted octanol–water partition coefficient (Wildman–Crippen LogP) is 1.16. The SMILES string of the molecule is CC(=O)O[C@@H]([C@H](OC(C)=O)[C@@H](/C=C\[C@H]1CC=CC(=O)O1)OC(C)=O)[C@H](C)OC(C)=O. The van der Waals surface area contributed by atoms with Crippen molar-refractivity contribution in [2.75, 3.05) is 0 Å². The van der Waals surface area contributed by atoms with Crippen molar-refractivity contribution in [2.45, 2.75) is 71.6 Å². The van der Waals surface area contributed by atoms with Crippen molar-refractivity contribution in [2.24, 2.45) is 0 Å². The maximum absolute atomic E-state index is 11.7. The minimum absolute atomic E-state index is 0.393. The van der Waals surface area contributed by atoms with E-state index < -0.39 is 60.4 Å². The summed E-state index contributed by atoms with van der Waals surface area (Å²) in [5.74, 6) is -3.36. The summed E-state index contributed by atoms with van der Waals surface area (Å²) in [6, 6.07) is 0. The van der Waals surface area contributed by atoms with Gasteiger partial charge in [-0.05, 0) is 19.1 Å². The minimum atomic E-state index is -1.34. The molecule has 1 aliphatic heterocycles. The fourth-order valence-corrected chi connectivity index (χ4v) is 2.76. The van der Waals surface area contributed by atoms with Crippen LogP contribution in [0.25, 0.3) is 0 Å². The van der Waals surface area contributed by atoms with E-state index in [1.165, 1.54) is 25.2 Å². The maximum atomic E-state index is 11.7. The average molecular weight is 426 g/mol. The number of esters is 5. The van der Waals surface area contributed by atoms with Crippen molar-refractivity contribution >= 4 is 29.8 Å². The summed E-state index contributed by atoms with van der Waals surface area (Å²) in [7, 11) is 0. The third-order valence-electron chi connectivity index (χ3n) is 3.77. The van der Waals surface area contributed by atoms with Gasteiger partial charge in [0.15, 0.2) is 18.3 Å². The summed E-state index contributed by atoms with van der Waals surface area (Å²) < 4.78 is 26.0. The van der Waals surface area contributed by atoms with Crippen molar-refractivity contribution in [1.29, 1.82) is 0 Å². The third-order valence-corrected chi connectivity index (χ3v) is 3.77. The molecule has 0 fully saturated rings. The summed E-state index contributed by atoms with van der Waals surface area (Å²) in [6.07, 6.45) is 0.629. The number of carbonyl (C=O) groups is 5. The number of hydrogen-bond acceptors (Lipinski definition) is 10. The Labute approximate surface area is 174 Å². The molecule has 1 aliphatic rings. The van der Waals surface area contributed by atoms with Gasteiger partial charge in [0.2, 0.25) is 0 Å². The molecule has 0 spiro atoms. The predicted molar refractivity (Wildman–Crippen MR) is 101 cm³/mol. The van der Waals surface area contributed by atoms with Crippen LogP contribution in [0.4, 0.5) is 0 Å². The zero-order valence-electron chi connectivity index (χ0n) is 17.5. The summed E-state index contributed by atoms with van der Waals surface area (Å²) >= 11 is 0. The molecule has 0 aliphatic carbocycles. The van der Waals surface area contributed by atoms with E-state index in [0.29, 0.717) is 6.42 Å². The van der Waals surface area contributed by atoms with Gasteiger partial charge in [-0.2, -0.15) is 0 Å². The first-order chi connectivity index (χ1) is 14.0. The van der Waals surface area contributed by atoms with Crippen molar-refractivity contribution in [3.8, 4) is 0 Å². The van der Waals surface area contributed by atoms with Gasteiger partial charge in [-0.15, -0.1) is 0 Å². The molecule has 10 nitrogen and oxygen atoms in total. The van der Waals surface area contributed by atoms with Crippen LogP contribution in [0.1, 0.15) is 41.0 Å². The Bertz CT molecular complexity index is 723. The van der Waals surface area contributed by atoms with E-state index in [9.17, 15) is 24.0 Å². The molecule has 10 heteroatoms. The smallest absolute Gasteiger partial charge is 0.331 e. The lowest BCUT2D eigenvalue weighted by molar-refractivity contribution is -0.193. The van der Waals surface area contributed by atoms with Crippen molar-refractivity contribution < 1.29 is 47.7 Å². The molecule has 0 saturated heterocycles. The lowest BCUT2D eigenvalue weighted by Gasteiger charge is -2.33. The Morgan fingerprint density at radius 1 is 0.933 bits per heavy atom. The van der Waals surface area contributed by atoms with E-state index in [1.54, 1.807) is 6.08 Å². The Morgan fingerprint density at radius 3 is 1.97 bits per heavy atom. The molecule has 0 aromatic heterocycles. The summed E-state index contributed by atoms with van der Waals surface area (Å²) in [6.45, 7) is 6.00. The molecule has 166 valence electrons. The summed E-state index contributed by atoms with van der Waals surface area (Å²) in [5, 5.41) is 0. The third kappa shape index (κ3) is 8.89. The van der Waals surface area contributed by atoms with Crippen LogP contribution < -0.4 is 0 Å². The highest BCUT2D eigenvalue weighted by molar-refractivity contribution is 5.83. The quantitative estimate of drug-likeness (QED) is 0.300. The second-order valence-corrected chi connectivity index (χ2v) is 6.54. The van der Waals surface area contributed by atoms with Gasteiger partial charge in [0.25, 0.3) is 0 Å². The number of carbonyl (C=O) groups excluding carboxylic acids is 5. The van der Waals surface area contributed by atoms with Gasteiger partial charge in [-0.3, -0.25) is 19.2 Å². The van der Waals surface area contributed by atoms with Crippen LogP contribution >= 0.6 is 0 Å². The lowest BCUT2D eigenvalue weighted by Crippen LogP contribution is -2.50. The molecule has 0 unspecified atom stereocenters. The molecule has 0 saturated carbocycles. The number of cyclic esters (lactones) is 1. The molecular weight excluding hydrogens is 400 g/mol. The van der Waals surface area contributed by atoms with Crippen molar-refractivity contribution in [3.63, 3.8) is 0 Å². The highest BCUT2D eigenvalue weighted by Crippen LogP contribution is 2.21. The van der Waals surface area contributed by atoms with Crippen LogP contribution in [-0.4, -0.2) is 60.4 Å². The molecular formula is C20H26O10. The fourth-order valence-electron chi connectivity index (χ4n) is 2.76. The Morgan fingerprint density at radius 2 is 1.47 bits per heavy atom. The van der Waals surface area contributed by atoms with Crippen LogP contribution in [-0.2, 0) is 47.7 Å². The Kier molecular flexibility index (Phi) is 9.73. The van der Waals surface area contributed by atoms with E-state index in [1.807, 2.05) is 0 Å². The van der Waals surface area contributed by atoms with Gasteiger partial charge in [-0.25, -0.2) is 4.79 Å². The van der Waals surface area contributed by atoms with Gasteiger partial charge < -0.3 is 23.7 Å². The van der Waals surface area contributed by atoms with Gasteiger partial charge in [-0.1, -0.05) is 6.08 Å². The van der Waals surface area contributed by atoms with Crippen LogP contribution in [0.2, 0.25) is 0 Å². The molecule has 5 atom stereocenters. The van der Waals surface area contributed by atoms with E-state index in [-0.39, 0.29) is 0 Å². The van der Waals surface area contributed by atoms with Crippen LogP contribution in [0.5, 0.6) is 0 Å². The molecule has 0 amide bonds. The normalized spacial score (nSPS) is 19.8. The molecule has 1 heterocycles. The summed E-state index contributed by atoms with van der Waals surface area (Å²) in [4.78, 5) is 57.8. The molecule has 1 rings (SSSR count). The molecule has 0 aromatic carbocycles. The zero-order chi connectivity index (χ0) is 22.8. The molecule has 0 radical (unpaired) electrons. The van der Waals surface area contributed by atoms with Gasteiger partial charge in [0.05, 0.1) is 0 Å². The maximum Gasteiger partial charge on any atom is 0.331 e. The highest BCUT2D eigenvalue weighted by atomic mass is 16.6. The first-order valence-corrected chi connectivity index (χ1v) is 9.24. The van der Waals surface area contributed by atoms with Crippen molar-refractivity contribution in [1.82, 2.24) is 0 Å². The van der Waals surface area contributed by atoms with E-state index >= 15 is 0 Å². The lowest BCUT2D eigenvalue weighted by atomic mass is 10.0. The molecule has 30 heavy (non-hydrogen) atoms. The number of ether oxygens (including phenoxy) is 5. The van der Waals surface area contributed by atoms with Gasteiger partial charge >= 0.3 is 29.8 Å². The first kappa shape index (κ1) is 24.9. The first-order valence-electron chi connectivity index (χ1n) is 9.24. The van der Waals surface area contributed by atoms with E-state index in [0.717, 1.165) is 27.7 Å². The highest BCUT2D eigenvalue weighted by Gasteiger charge is 2.40. The van der Waals surface area contributed by atoms with Crippen LogP contribution in [0.15, 0.2) is 24.3 Å². The van der Waals surface area contributed by atoms with Crippen LogP contribution in [0, 0.1) is 0 Å². The van der Waals surface area contributed by atoms with Crippen LogP contribution in [0.3, 0.4) is 0 Å². The zero-order valence-corrected chi connectivity index (χ0v) is 17.5. The number of rotatable bonds is 9. The molecule has 0 bridgehead atoms. The number of hydrogen-bond donors (Lipinski definition) is 0. The molecule has 0 N–H and O–H groups in total. The van der Waals surface area contributed by atoms with E-state index in [4.69, 9.17) is 23.7 Å². The van der Waals surface area contributed by atoms with Crippen molar-refractivity contribution in [3.05, 3.63) is 24.3 Å². The standard InChI is InChI=1S/C20H26O10/c1-11(26-12(2)21)19(28-14(4)23)20(29-15(5)24)17(27-13(3)22)10-9-16-7-6-8-18(25)30-16/h6,8-11,16-17,19-20H,7H2,1-5H3/b10-9-/t11-,16+,17+,19+,20+/m0/s1. The van der Waals surface area contributed by atoms with Gasteiger partial charge in [0.1, 0.15) is 12.2 Å². The summed E-state index contributed by atoms with van der Waals surface area (Å²) in [5.41, 5.74) is 0. The second-order valence-electron chi connectivity index (χ2n) is 6.54. The minimum Gasteiger partial charge on any atom is -0.459 e. The monoisotopic (exact) mass is 426 g/mol. The Balaban J connectivity index is 3.26. The van der Waals surface area contributed by atoms with E-state index in [2.05, 4.69) is 0 Å². The topological polar surface area (TPSA) is 132 Å². The van der Waals surface area contributed by atoms with Gasteiger partial charge in [0, 0.05) is 40.2 Å². The average Bonchev–Trinajstić information content (AvgIpc) is 2.60. The largest absolute Gasteiger partial charge is 0.459 e.